The second kappa shape index (κ2) is 15.7. The van der Waals surface area contributed by atoms with Crippen molar-refractivity contribution >= 4 is 6.15 Å². The van der Waals surface area contributed by atoms with Crippen molar-refractivity contribution in [2.45, 2.75) is 6.92 Å². The van der Waals surface area contributed by atoms with Crippen LogP contribution in [0.15, 0.2) is 0 Å². The fraction of sp³-hybridized carbons (Fsp3) is 0.800. The average Bonchev–Trinajstić information content (AvgIpc) is 1.86. The Labute approximate surface area is 53.4 Å². The van der Waals surface area contributed by atoms with E-state index >= 15 is 0 Å². The zero-order chi connectivity index (χ0) is 7.54. The van der Waals surface area contributed by atoms with Gasteiger partial charge >= 0.3 is 6.15 Å². The molecule has 0 aliphatic heterocycles. The van der Waals surface area contributed by atoms with E-state index in [1.54, 1.807) is 0 Å². The molecular weight excluding hydrogens is 124 g/mol. The van der Waals surface area contributed by atoms with Gasteiger partial charge in [0.25, 0.3) is 0 Å². The minimum absolute atomic E-state index is 0.133. The van der Waals surface area contributed by atoms with Gasteiger partial charge in [0.1, 0.15) is 0 Å². The first kappa shape index (κ1) is 11.1. The highest BCUT2D eigenvalue weighted by Crippen LogP contribution is 1.66. The summed E-state index contributed by atoms with van der Waals surface area (Å²) in [5, 5.41) is 8.07. The summed E-state index contributed by atoms with van der Waals surface area (Å²) in [5.74, 6) is 0. The molecule has 0 heterocycles. The lowest BCUT2D eigenvalue weighted by molar-refractivity contribution is -0.191. The molecule has 4 nitrogen and oxygen atoms in total. The van der Waals surface area contributed by atoms with Crippen molar-refractivity contribution in [1.82, 2.24) is 0 Å². The summed E-state index contributed by atoms with van der Waals surface area (Å²) in [6.07, 6.45) is 0.250. The molecule has 0 fully saturated rings. The van der Waals surface area contributed by atoms with Gasteiger partial charge in [-0.15, -0.1) is 0 Å². The first-order valence-electron chi connectivity index (χ1n) is 2.51. The summed E-state index contributed by atoms with van der Waals surface area (Å²) in [4.78, 5) is 16.2. The number of aliphatic hydroxyl groups excluding tert-OH is 1. The van der Waals surface area contributed by atoms with Crippen LogP contribution in [0, 0.1) is 0 Å². The first-order valence-corrected chi connectivity index (χ1v) is 2.51. The molecule has 0 spiro atoms. The molecule has 0 aliphatic carbocycles. The maximum Gasteiger partial charge on any atom is 0.373 e. The fourth-order valence-electron chi connectivity index (χ4n) is 0.209. The van der Waals surface area contributed by atoms with E-state index in [0.29, 0.717) is 13.2 Å². The Hall–Kier alpha value is -0.700. The third kappa shape index (κ3) is 38.8. The van der Waals surface area contributed by atoms with Gasteiger partial charge in [-0.1, -0.05) is 0 Å². The number of rotatable bonds is 3. The number of ether oxygens (including phenoxy) is 1. The molecule has 0 aromatic heterocycles. The zero-order valence-electron chi connectivity index (χ0n) is 5.29. The van der Waals surface area contributed by atoms with E-state index in [4.69, 9.17) is 19.4 Å². The Bertz CT molecular complexity index is 61.4. The van der Waals surface area contributed by atoms with Crippen molar-refractivity contribution in [3.63, 3.8) is 0 Å². The number of carbonyl (C=O) groups excluding carboxylic acids is 2. The quantitative estimate of drug-likeness (QED) is 0.525. The van der Waals surface area contributed by atoms with Gasteiger partial charge in [-0.3, -0.25) is 0 Å². The van der Waals surface area contributed by atoms with Crippen LogP contribution in [-0.2, 0) is 14.3 Å². The second-order valence-electron chi connectivity index (χ2n) is 1.00. The van der Waals surface area contributed by atoms with Gasteiger partial charge in [0, 0.05) is 6.61 Å². The normalized spacial score (nSPS) is 6.89. The average molecular weight is 134 g/mol. The molecule has 54 valence electrons. The lowest BCUT2D eigenvalue weighted by Crippen LogP contribution is -1.96. The fourth-order valence-corrected chi connectivity index (χ4v) is 0.209. The van der Waals surface area contributed by atoms with E-state index in [1.165, 1.54) is 0 Å². The van der Waals surface area contributed by atoms with Crippen molar-refractivity contribution in [2.24, 2.45) is 0 Å². The molecule has 0 aromatic carbocycles. The van der Waals surface area contributed by atoms with Crippen LogP contribution >= 0.6 is 0 Å². The second-order valence-corrected chi connectivity index (χ2v) is 1.00. The smallest absolute Gasteiger partial charge is 0.373 e. The summed E-state index contributed by atoms with van der Waals surface area (Å²) in [7, 11) is 0. The predicted octanol–water partition coefficient (Wildman–Crippen LogP) is -0.568. The Kier molecular flexibility index (Phi) is 19.4. The SMILES string of the molecule is CCOCCO.O=C=O. The van der Waals surface area contributed by atoms with Crippen molar-refractivity contribution in [2.75, 3.05) is 19.8 Å². The summed E-state index contributed by atoms with van der Waals surface area (Å²) < 4.78 is 4.73. The molecule has 0 rings (SSSR count). The van der Waals surface area contributed by atoms with Crippen LogP contribution < -0.4 is 0 Å². The zero-order valence-corrected chi connectivity index (χ0v) is 5.29. The van der Waals surface area contributed by atoms with E-state index in [9.17, 15) is 0 Å². The molecule has 0 bridgehead atoms. The third-order valence-electron chi connectivity index (χ3n) is 0.440. The first-order chi connectivity index (χ1) is 4.33. The Morgan fingerprint density at radius 1 is 1.56 bits per heavy atom. The standard InChI is InChI=1S/C4H10O2.CO2/c1-2-6-4-3-5;2-1-3/h5H,2-4H2,1H3;. The van der Waals surface area contributed by atoms with E-state index < -0.39 is 0 Å². The van der Waals surface area contributed by atoms with E-state index in [1.807, 2.05) is 6.92 Å². The molecular formula is C5H10O4. The number of hydrogen-bond donors (Lipinski definition) is 1. The highest BCUT2D eigenvalue weighted by atomic mass is 16.5. The molecule has 0 unspecified atom stereocenters. The van der Waals surface area contributed by atoms with Crippen molar-refractivity contribution in [1.29, 1.82) is 0 Å². The van der Waals surface area contributed by atoms with Crippen molar-refractivity contribution in [3.8, 4) is 0 Å². The molecule has 0 aliphatic rings. The number of aliphatic hydroxyl groups is 1. The minimum atomic E-state index is 0.133. The Morgan fingerprint density at radius 2 is 2.00 bits per heavy atom. The topological polar surface area (TPSA) is 63.6 Å². The van der Waals surface area contributed by atoms with Gasteiger partial charge in [0.05, 0.1) is 13.2 Å². The number of hydrogen-bond acceptors (Lipinski definition) is 4. The highest BCUT2D eigenvalue weighted by molar-refractivity contribution is 5.20. The molecule has 0 saturated heterocycles. The van der Waals surface area contributed by atoms with Crippen LogP contribution in [0.3, 0.4) is 0 Å². The van der Waals surface area contributed by atoms with Crippen LogP contribution in [0.1, 0.15) is 6.92 Å². The molecule has 9 heavy (non-hydrogen) atoms. The monoisotopic (exact) mass is 134 g/mol. The Balaban J connectivity index is 0. The summed E-state index contributed by atoms with van der Waals surface area (Å²) >= 11 is 0. The Morgan fingerprint density at radius 3 is 2.11 bits per heavy atom. The molecule has 0 saturated carbocycles. The molecule has 1 N–H and O–H groups in total. The summed E-state index contributed by atoms with van der Waals surface area (Å²) in [6, 6.07) is 0. The van der Waals surface area contributed by atoms with Gasteiger partial charge in [-0.05, 0) is 6.92 Å². The summed E-state index contributed by atoms with van der Waals surface area (Å²) in [6.45, 7) is 3.20. The van der Waals surface area contributed by atoms with E-state index in [0.717, 1.165) is 0 Å². The largest absolute Gasteiger partial charge is 0.394 e. The maximum absolute atomic E-state index is 8.12. The maximum atomic E-state index is 8.12. The van der Waals surface area contributed by atoms with Gasteiger partial charge in [0.15, 0.2) is 0 Å². The van der Waals surface area contributed by atoms with Crippen molar-refractivity contribution in [3.05, 3.63) is 0 Å². The molecule has 0 radical (unpaired) electrons. The van der Waals surface area contributed by atoms with E-state index in [2.05, 4.69) is 0 Å². The van der Waals surface area contributed by atoms with Gasteiger partial charge in [0.2, 0.25) is 0 Å². The molecule has 0 atom stereocenters. The lowest BCUT2D eigenvalue weighted by Gasteiger charge is -1.91. The van der Waals surface area contributed by atoms with Gasteiger partial charge in [-0.2, -0.15) is 9.59 Å². The van der Waals surface area contributed by atoms with Crippen molar-refractivity contribution < 1.29 is 19.4 Å². The predicted molar refractivity (Wildman–Crippen MR) is 28.6 cm³/mol. The molecule has 4 heteroatoms. The highest BCUT2D eigenvalue weighted by Gasteiger charge is 1.73. The summed E-state index contributed by atoms with van der Waals surface area (Å²) in [5.41, 5.74) is 0. The van der Waals surface area contributed by atoms with E-state index in [-0.39, 0.29) is 12.8 Å². The molecule has 0 amide bonds. The third-order valence-corrected chi connectivity index (χ3v) is 0.440. The van der Waals surface area contributed by atoms with Crippen LogP contribution in [0.4, 0.5) is 0 Å². The van der Waals surface area contributed by atoms with Crippen LogP contribution in [0.25, 0.3) is 0 Å². The van der Waals surface area contributed by atoms with Gasteiger partial charge < -0.3 is 9.84 Å². The van der Waals surface area contributed by atoms with Gasteiger partial charge in [-0.25, -0.2) is 0 Å². The van der Waals surface area contributed by atoms with Crippen LogP contribution in [-0.4, -0.2) is 31.1 Å². The molecule has 0 aromatic rings. The lowest BCUT2D eigenvalue weighted by atomic mass is 10.8. The van der Waals surface area contributed by atoms with Crippen LogP contribution in [0.5, 0.6) is 0 Å². The van der Waals surface area contributed by atoms with Crippen LogP contribution in [0.2, 0.25) is 0 Å². The minimum Gasteiger partial charge on any atom is -0.394 e.